The van der Waals surface area contributed by atoms with Crippen LogP contribution in [0.25, 0.3) is 0 Å². The van der Waals surface area contributed by atoms with Gasteiger partial charge in [-0.25, -0.2) is 0 Å². The van der Waals surface area contributed by atoms with E-state index in [4.69, 9.17) is 0 Å². The number of benzene rings is 2. The molecule has 0 radical (unpaired) electrons. The standard InChI is InChI=1S/C26H39NS.C24H35NS/c1-2-3-4-5-21-6-8-22(9-7-21)10-11-23-12-14-24(15-13-23)25-16-18-26(19-17-25)27-20-28;1-2-3-19-4-6-20(7-5-19)8-9-21-10-12-22(13-11-21)23-14-16-24(17-15-23)25-18-26/h16-19,21-24H,2-15H2,1H3;14-17,19-22H,2-13H2,1H3. The minimum Gasteiger partial charge on any atom is -0.195 e. The van der Waals surface area contributed by atoms with Crippen LogP contribution in [0.15, 0.2) is 58.5 Å². The summed E-state index contributed by atoms with van der Waals surface area (Å²) in [6, 6.07) is 17.3. The van der Waals surface area contributed by atoms with Crippen LogP contribution in [-0.2, 0) is 0 Å². The Morgan fingerprint density at radius 3 is 1.04 bits per heavy atom. The fourth-order valence-corrected chi connectivity index (χ4v) is 11.2. The van der Waals surface area contributed by atoms with Crippen molar-refractivity contribution in [2.75, 3.05) is 0 Å². The van der Waals surface area contributed by atoms with E-state index >= 15 is 0 Å². The fourth-order valence-electron chi connectivity index (χ4n) is 11.0. The Kier molecular flexibility index (Phi) is 19.7. The summed E-state index contributed by atoms with van der Waals surface area (Å²) in [5, 5.41) is 4.90. The van der Waals surface area contributed by atoms with Crippen LogP contribution in [0.3, 0.4) is 0 Å². The van der Waals surface area contributed by atoms with Gasteiger partial charge in [-0.3, -0.25) is 0 Å². The Morgan fingerprint density at radius 2 is 0.722 bits per heavy atom. The van der Waals surface area contributed by atoms with Crippen LogP contribution in [0, 0.1) is 35.5 Å². The van der Waals surface area contributed by atoms with Crippen molar-refractivity contribution >= 4 is 46.1 Å². The first-order chi connectivity index (χ1) is 26.6. The maximum absolute atomic E-state index is 4.69. The molecule has 4 heteroatoms. The molecule has 4 saturated carbocycles. The molecule has 2 aromatic carbocycles. The van der Waals surface area contributed by atoms with E-state index in [-0.39, 0.29) is 0 Å². The predicted molar refractivity (Wildman–Crippen MR) is 240 cm³/mol. The largest absolute Gasteiger partial charge is 0.195 e. The second-order valence-corrected chi connectivity index (χ2v) is 18.6. The van der Waals surface area contributed by atoms with E-state index in [2.05, 4.69) is 107 Å². The first kappa shape index (κ1) is 43.2. The van der Waals surface area contributed by atoms with E-state index in [1.165, 1.54) is 178 Å². The van der Waals surface area contributed by atoms with Gasteiger partial charge < -0.3 is 0 Å². The topological polar surface area (TPSA) is 24.7 Å². The summed E-state index contributed by atoms with van der Waals surface area (Å²) in [5.41, 5.74) is 4.82. The zero-order chi connectivity index (χ0) is 37.8. The van der Waals surface area contributed by atoms with E-state index in [1.54, 1.807) is 0 Å². The fraction of sp³-hybridized carbons (Fsp3) is 0.720. The minimum absolute atomic E-state index is 0.750. The molecule has 2 aromatic rings. The Morgan fingerprint density at radius 1 is 0.407 bits per heavy atom. The van der Waals surface area contributed by atoms with E-state index in [0.29, 0.717) is 0 Å². The molecule has 0 bridgehead atoms. The third-order valence-corrected chi connectivity index (χ3v) is 14.8. The van der Waals surface area contributed by atoms with Gasteiger partial charge in [0.15, 0.2) is 0 Å². The lowest BCUT2D eigenvalue weighted by atomic mass is 9.74. The molecule has 0 heterocycles. The molecule has 6 rings (SSSR count). The summed E-state index contributed by atoms with van der Waals surface area (Å²) in [6.07, 6.45) is 37.9. The van der Waals surface area contributed by atoms with Crippen LogP contribution in [0.1, 0.15) is 204 Å². The maximum atomic E-state index is 4.69. The number of aliphatic imine (C=N–C) groups is 2. The number of isothiocyanates is 2. The number of unbranched alkanes of at least 4 members (excludes halogenated alkanes) is 2. The van der Waals surface area contributed by atoms with Gasteiger partial charge in [-0.15, -0.1) is 0 Å². The van der Waals surface area contributed by atoms with Crippen LogP contribution in [-0.4, -0.2) is 10.3 Å². The van der Waals surface area contributed by atoms with Gasteiger partial charge in [0.05, 0.1) is 21.7 Å². The second-order valence-electron chi connectivity index (χ2n) is 18.2. The van der Waals surface area contributed by atoms with Crippen molar-refractivity contribution in [1.29, 1.82) is 0 Å². The number of nitrogens with zero attached hydrogens (tertiary/aromatic N) is 2. The summed E-state index contributed by atoms with van der Waals surface area (Å²) < 4.78 is 0. The van der Waals surface area contributed by atoms with Gasteiger partial charge in [0, 0.05) is 0 Å². The summed E-state index contributed by atoms with van der Waals surface area (Å²) in [5.74, 6) is 7.65. The Bertz CT molecular complexity index is 1390. The molecule has 4 aliphatic carbocycles. The average molecular weight is 767 g/mol. The Labute approximate surface area is 342 Å². The molecule has 4 aliphatic rings. The normalized spacial score (nSPS) is 28.5. The quantitative estimate of drug-likeness (QED) is 0.0965. The third kappa shape index (κ3) is 14.8. The van der Waals surface area contributed by atoms with Gasteiger partial charge >= 0.3 is 0 Å². The highest BCUT2D eigenvalue weighted by molar-refractivity contribution is 7.78. The number of hydrogen-bond donors (Lipinski definition) is 0. The Balaban J connectivity index is 0.000000208. The molecule has 0 amide bonds. The van der Waals surface area contributed by atoms with Crippen molar-refractivity contribution in [3.63, 3.8) is 0 Å². The molecule has 54 heavy (non-hydrogen) atoms. The molecule has 0 atom stereocenters. The van der Waals surface area contributed by atoms with Crippen molar-refractivity contribution < 1.29 is 0 Å². The van der Waals surface area contributed by atoms with Crippen LogP contribution >= 0.6 is 24.4 Å². The number of thiocarbonyl (C=S) groups is 2. The van der Waals surface area contributed by atoms with E-state index in [9.17, 15) is 0 Å². The van der Waals surface area contributed by atoms with Gasteiger partial charge in [0.25, 0.3) is 0 Å². The molecular weight excluding hydrogens is 693 g/mol. The average Bonchev–Trinajstić information content (AvgIpc) is 3.22. The van der Waals surface area contributed by atoms with Crippen molar-refractivity contribution in [2.45, 2.75) is 193 Å². The second kappa shape index (κ2) is 24.6. The van der Waals surface area contributed by atoms with E-state index in [0.717, 1.165) is 58.7 Å². The molecule has 296 valence electrons. The van der Waals surface area contributed by atoms with Gasteiger partial charge in [-0.2, -0.15) is 9.98 Å². The highest BCUT2D eigenvalue weighted by atomic mass is 32.1. The lowest BCUT2D eigenvalue weighted by molar-refractivity contribution is 0.222. The predicted octanol–water partition coefficient (Wildman–Crippen LogP) is 16.9. The van der Waals surface area contributed by atoms with Crippen molar-refractivity contribution in [3.05, 3.63) is 59.7 Å². The maximum Gasteiger partial charge on any atom is 0.0739 e. The van der Waals surface area contributed by atoms with E-state index < -0.39 is 0 Å². The molecule has 0 unspecified atom stereocenters. The van der Waals surface area contributed by atoms with Crippen molar-refractivity contribution in [2.24, 2.45) is 45.5 Å². The molecular formula is C50H74N2S2. The molecule has 0 spiro atoms. The van der Waals surface area contributed by atoms with Crippen LogP contribution in [0.4, 0.5) is 11.4 Å². The summed E-state index contributed by atoms with van der Waals surface area (Å²) in [7, 11) is 0. The molecule has 4 fully saturated rings. The van der Waals surface area contributed by atoms with Crippen LogP contribution < -0.4 is 0 Å². The monoisotopic (exact) mass is 767 g/mol. The summed E-state index contributed by atoms with van der Waals surface area (Å²) in [6.45, 7) is 4.66. The van der Waals surface area contributed by atoms with E-state index in [1.807, 2.05) is 0 Å². The zero-order valence-electron chi connectivity index (χ0n) is 34.3. The Hall–Kier alpha value is -1.96. The zero-order valence-corrected chi connectivity index (χ0v) is 36.0. The van der Waals surface area contributed by atoms with Gasteiger partial charge in [-0.05, 0) is 159 Å². The summed E-state index contributed by atoms with van der Waals surface area (Å²) in [4.78, 5) is 8.11. The highest BCUT2D eigenvalue weighted by Gasteiger charge is 2.27. The SMILES string of the molecule is CCCC1CCC(CCC2CCC(c3ccc(N=C=S)cc3)CC2)CC1.CCCCCC1CCC(CCC2CCC(c3ccc(N=C=S)cc3)CC2)CC1. The highest BCUT2D eigenvalue weighted by Crippen LogP contribution is 2.42. The number of hydrogen-bond acceptors (Lipinski definition) is 4. The molecule has 0 saturated heterocycles. The molecule has 2 nitrogen and oxygen atoms in total. The lowest BCUT2D eigenvalue weighted by Crippen LogP contribution is -2.17. The van der Waals surface area contributed by atoms with Crippen molar-refractivity contribution in [3.8, 4) is 0 Å². The third-order valence-electron chi connectivity index (χ3n) is 14.6. The first-order valence-corrected chi connectivity index (χ1v) is 23.7. The summed E-state index contributed by atoms with van der Waals surface area (Å²) >= 11 is 9.36. The van der Waals surface area contributed by atoms with Crippen molar-refractivity contribution in [1.82, 2.24) is 0 Å². The molecule has 0 aliphatic heterocycles. The molecule has 0 N–H and O–H groups in total. The van der Waals surface area contributed by atoms with Crippen LogP contribution in [0.2, 0.25) is 0 Å². The first-order valence-electron chi connectivity index (χ1n) is 22.9. The van der Waals surface area contributed by atoms with Gasteiger partial charge in [0.1, 0.15) is 0 Å². The van der Waals surface area contributed by atoms with Gasteiger partial charge in [-0.1, -0.05) is 154 Å². The lowest BCUT2D eigenvalue weighted by Gasteiger charge is -2.32. The van der Waals surface area contributed by atoms with Gasteiger partial charge in [0.2, 0.25) is 0 Å². The smallest absolute Gasteiger partial charge is 0.0739 e. The number of rotatable bonds is 16. The molecule has 0 aromatic heterocycles. The van der Waals surface area contributed by atoms with Crippen LogP contribution in [0.5, 0.6) is 0 Å². The minimum atomic E-state index is 0.750.